The summed E-state index contributed by atoms with van der Waals surface area (Å²) < 4.78 is 13.1. The number of anilines is 3. The van der Waals surface area contributed by atoms with E-state index < -0.39 is 11.9 Å². The van der Waals surface area contributed by atoms with Crippen LogP contribution in [0.15, 0.2) is 84.9 Å². The minimum absolute atomic E-state index is 0.136. The molecule has 4 aromatic carbocycles. The molecule has 2 unspecified atom stereocenters. The average molecular weight is 852 g/mol. The molecule has 6 heterocycles. The molecular weight excluding hydrogens is 798 g/mol. The van der Waals surface area contributed by atoms with Gasteiger partial charge in [0.15, 0.2) is 5.75 Å². The van der Waals surface area contributed by atoms with E-state index in [9.17, 15) is 23.7 Å². The van der Waals surface area contributed by atoms with E-state index in [1.165, 1.54) is 22.4 Å². The Morgan fingerprint density at radius 1 is 0.810 bits per heavy atom. The van der Waals surface area contributed by atoms with Crippen LogP contribution in [0, 0.1) is 5.41 Å². The number of likely N-dealkylation sites (tertiary alicyclic amines) is 1. The number of rotatable bonds is 7. The van der Waals surface area contributed by atoms with Crippen LogP contribution in [-0.2, 0) is 27.3 Å². The molecule has 12 nitrogen and oxygen atoms in total. The predicted octanol–water partition coefficient (Wildman–Crippen LogP) is 5.64. The third-order valence-electron chi connectivity index (χ3n) is 15.5. The van der Waals surface area contributed by atoms with Gasteiger partial charge >= 0.3 is 0 Å². The lowest BCUT2D eigenvalue weighted by molar-refractivity contribution is -0.138. The normalized spacial score (nSPS) is 25.2. The van der Waals surface area contributed by atoms with Gasteiger partial charge in [-0.15, -0.1) is 0 Å². The Kier molecular flexibility index (Phi) is 9.93. The van der Waals surface area contributed by atoms with E-state index in [0.717, 1.165) is 87.5 Å². The van der Waals surface area contributed by atoms with E-state index in [4.69, 9.17) is 0 Å². The average Bonchev–Trinajstić information content (AvgIpc) is 3.62. The Morgan fingerprint density at radius 2 is 1.60 bits per heavy atom. The number of piperazine rings is 1. The van der Waals surface area contributed by atoms with E-state index >= 15 is 0 Å². The maximum Gasteiger partial charge on any atom is 0.255 e. The number of halogens is 1. The number of carbonyl (C=O) groups is 4. The van der Waals surface area contributed by atoms with Gasteiger partial charge in [0.2, 0.25) is 17.7 Å². The van der Waals surface area contributed by atoms with Gasteiger partial charge in [0, 0.05) is 94.1 Å². The number of aryl methyl sites for hydroxylation is 1. The number of carbonyl (C=O) groups excluding carboxylic acids is 4. The molecule has 0 aromatic heterocycles. The van der Waals surface area contributed by atoms with Crippen molar-refractivity contribution < 1.29 is 28.6 Å². The summed E-state index contributed by atoms with van der Waals surface area (Å²) >= 11 is 0. The molecule has 11 rings (SSSR count). The summed E-state index contributed by atoms with van der Waals surface area (Å²) in [6, 6.07) is 29.1. The molecule has 326 valence electrons. The number of likely N-dealkylation sites (N-methyl/N-ethyl adjacent to an activating group) is 1. The molecule has 6 aliphatic heterocycles. The van der Waals surface area contributed by atoms with E-state index in [-0.39, 0.29) is 47.3 Å². The maximum atomic E-state index is 13.8. The van der Waals surface area contributed by atoms with Crippen LogP contribution in [0.4, 0.5) is 21.6 Å². The van der Waals surface area contributed by atoms with Crippen molar-refractivity contribution in [1.82, 2.24) is 20.0 Å². The first kappa shape index (κ1) is 39.9. The molecule has 4 fully saturated rings. The highest BCUT2D eigenvalue weighted by Crippen LogP contribution is 2.48. The first-order valence-corrected chi connectivity index (χ1v) is 22.7. The molecule has 1 N–H and O–H groups in total. The lowest BCUT2D eigenvalue weighted by atomic mass is 9.69. The van der Waals surface area contributed by atoms with Crippen LogP contribution in [0.5, 0.6) is 5.75 Å². The van der Waals surface area contributed by atoms with Gasteiger partial charge in [-0.3, -0.25) is 34.3 Å². The topological polar surface area (TPSA) is 109 Å². The predicted molar refractivity (Wildman–Crippen MR) is 238 cm³/mol. The number of hydrogen-bond acceptors (Lipinski definition) is 9. The summed E-state index contributed by atoms with van der Waals surface area (Å²) in [4.78, 5) is 68.9. The van der Waals surface area contributed by atoms with Gasteiger partial charge in [0.05, 0.1) is 24.0 Å². The van der Waals surface area contributed by atoms with Crippen molar-refractivity contribution in [2.75, 3.05) is 80.7 Å². The lowest BCUT2D eigenvalue weighted by Crippen LogP contribution is -2.64. The van der Waals surface area contributed by atoms with E-state index in [2.05, 4.69) is 90.5 Å². The number of amides is 4. The molecule has 7 aliphatic rings. The third-order valence-corrected chi connectivity index (χ3v) is 15.5. The molecule has 0 bridgehead atoms. The first-order valence-electron chi connectivity index (χ1n) is 22.7. The molecule has 0 radical (unpaired) electrons. The minimum atomic E-state index is -0.642. The zero-order valence-corrected chi connectivity index (χ0v) is 35.8. The number of hydrogen-bond donors (Lipinski definition) is 1. The molecule has 63 heavy (non-hydrogen) atoms. The molecule has 4 atom stereocenters. The van der Waals surface area contributed by atoms with Crippen LogP contribution in [0.3, 0.4) is 0 Å². The van der Waals surface area contributed by atoms with Crippen molar-refractivity contribution in [3.63, 3.8) is 0 Å². The third kappa shape index (κ3) is 7.08. The van der Waals surface area contributed by atoms with Crippen molar-refractivity contribution >= 4 is 40.7 Å². The highest BCUT2D eigenvalue weighted by atomic mass is 19.3. The van der Waals surface area contributed by atoms with Crippen molar-refractivity contribution in [2.45, 2.75) is 69.0 Å². The zero-order chi connectivity index (χ0) is 43.0. The van der Waals surface area contributed by atoms with E-state index in [1.807, 2.05) is 30.1 Å². The van der Waals surface area contributed by atoms with Crippen molar-refractivity contribution in [3.05, 3.63) is 118 Å². The summed E-state index contributed by atoms with van der Waals surface area (Å²) in [7, 11) is 2.04. The van der Waals surface area contributed by atoms with Crippen molar-refractivity contribution in [1.29, 1.82) is 0 Å². The van der Waals surface area contributed by atoms with Crippen LogP contribution in [-0.4, -0.2) is 116 Å². The number of benzene rings is 4. The highest BCUT2D eigenvalue weighted by molar-refractivity contribution is 6.06. The smallest absolute Gasteiger partial charge is 0.255 e. The van der Waals surface area contributed by atoms with Crippen molar-refractivity contribution in [3.8, 4) is 5.75 Å². The molecule has 4 amide bonds. The van der Waals surface area contributed by atoms with Crippen LogP contribution in [0.2, 0.25) is 0 Å². The maximum absolute atomic E-state index is 13.8. The number of imide groups is 1. The summed E-state index contributed by atoms with van der Waals surface area (Å²) in [5, 5.41) is 2.39. The van der Waals surface area contributed by atoms with Gasteiger partial charge in [-0.1, -0.05) is 48.5 Å². The molecule has 1 aliphatic carbocycles. The molecule has 4 saturated heterocycles. The van der Waals surface area contributed by atoms with Crippen LogP contribution < -0.4 is 25.0 Å². The first-order chi connectivity index (χ1) is 30.6. The zero-order valence-electron chi connectivity index (χ0n) is 35.8. The second-order valence-electron chi connectivity index (χ2n) is 19.2. The molecule has 4 aromatic rings. The van der Waals surface area contributed by atoms with E-state index in [1.54, 1.807) is 11.0 Å². The standard InChI is InChI=1S/C50H54FN7O5/c1-53-27-37-28-56(21-22-57(37)44-24-35-26-58(49(62)41(35)25-43(44)53)42-15-16-45(59)52-48(42)61)46(60)29-54-30-50(31-54)17-19-55(20-18-50)36-10-7-33(8-11-36)47-39(32-5-3-2-4-6-32)13-9-34-23-38(63-51)12-14-40(34)47/h2-8,10-12,14,23-25,37,39,42,47H,9,13,15-22,26-31H2,1H3,(H,52,59,61)/t37-,39-,42?,47?/m1/s1. The number of nitrogens with zero attached hydrogens (tertiary/aromatic N) is 6. The van der Waals surface area contributed by atoms with Gasteiger partial charge in [-0.25, -0.2) is 0 Å². The Balaban J connectivity index is 0.688. The fraction of sp³-hybridized carbons (Fsp3) is 0.440. The Hall–Kier alpha value is -5.95. The highest BCUT2D eigenvalue weighted by Gasteiger charge is 2.47. The van der Waals surface area contributed by atoms with Crippen LogP contribution >= 0.6 is 0 Å². The van der Waals surface area contributed by atoms with Gasteiger partial charge in [0.25, 0.3) is 5.91 Å². The summed E-state index contributed by atoms with van der Waals surface area (Å²) in [5.41, 5.74) is 10.1. The largest absolute Gasteiger partial charge is 0.371 e. The summed E-state index contributed by atoms with van der Waals surface area (Å²) in [6.07, 6.45) is 4.66. The summed E-state index contributed by atoms with van der Waals surface area (Å²) in [5.74, 6) is 0.107. The lowest BCUT2D eigenvalue weighted by Gasteiger charge is -2.55. The Labute approximate surface area is 367 Å². The van der Waals surface area contributed by atoms with Crippen molar-refractivity contribution in [2.24, 2.45) is 5.41 Å². The van der Waals surface area contributed by atoms with Crippen LogP contribution in [0.1, 0.15) is 82.1 Å². The number of piperidine rings is 2. The molecule has 13 heteroatoms. The fourth-order valence-corrected chi connectivity index (χ4v) is 12.2. The van der Waals surface area contributed by atoms with Gasteiger partial charge in [0.1, 0.15) is 6.04 Å². The molecular formula is C50H54FN7O5. The Bertz CT molecular complexity index is 2470. The monoisotopic (exact) mass is 851 g/mol. The second-order valence-corrected chi connectivity index (χ2v) is 19.2. The van der Waals surface area contributed by atoms with Crippen LogP contribution in [0.25, 0.3) is 0 Å². The minimum Gasteiger partial charge on any atom is -0.371 e. The SMILES string of the molecule is CN1C[C@@H]2CN(C(=O)CN3CC4(CCN(c5ccc(C6c7ccc(OF)cc7CC[C@@H]6c6ccccc6)cc5)CC4)C3)CCN2c2cc3c(cc21)C(=O)N(C1CCC(=O)NC1=O)C3. The summed E-state index contributed by atoms with van der Waals surface area (Å²) in [6.45, 7) is 7.49. The fourth-order valence-electron chi connectivity index (χ4n) is 12.2. The van der Waals surface area contributed by atoms with E-state index in [0.29, 0.717) is 44.1 Å². The van der Waals surface area contributed by atoms with Gasteiger partial charge in [-0.2, -0.15) is 0 Å². The number of fused-ring (bicyclic) bond motifs is 5. The second kappa shape index (κ2) is 15.7. The quantitative estimate of drug-likeness (QED) is 0.237. The van der Waals surface area contributed by atoms with Gasteiger partial charge < -0.3 is 24.5 Å². The molecule has 0 saturated carbocycles. The number of nitrogens with one attached hydrogen (secondary N) is 1. The molecule has 1 spiro atoms. The van der Waals surface area contributed by atoms with Gasteiger partial charge in [-0.05, 0) is 108 Å². The Morgan fingerprint density at radius 3 is 2.37 bits per heavy atom.